The molecule has 2 rings (SSSR count). The Kier molecular flexibility index (Phi) is 1.94. The van der Waals surface area contributed by atoms with Gasteiger partial charge in [-0.1, -0.05) is 6.07 Å². The maximum Gasteiger partial charge on any atom is 0.284 e. The van der Waals surface area contributed by atoms with Crippen molar-refractivity contribution in [3.8, 4) is 11.6 Å². The van der Waals surface area contributed by atoms with Crippen molar-refractivity contribution in [3.05, 3.63) is 28.7 Å². The van der Waals surface area contributed by atoms with Crippen LogP contribution < -0.4 is 0 Å². The number of aryl methyl sites for hydroxylation is 1. The van der Waals surface area contributed by atoms with Gasteiger partial charge < -0.3 is 4.42 Å². The van der Waals surface area contributed by atoms with Crippen LogP contribution in [0.1, 0.15) is 5.69 Å². The maximum atomic E-state index is 5.11. The number of nitrogens with zero attached hydrogens (tertiary/aromatic N) is 2. The molecule has 0 amide bonds. The lowest BCUT2D eigenvalue weighted by molar-refractivity contribution is 0.550. The SMILES string of the molecule is Cc1cccc(-c2n[nH]c(=S)o2)n1. The summed E-state index contributed by atoms with van der Waals surface area (Å²) in [5.41, 5.74) is 1.61. The van der Waals surface area contributed by atoms with E-state index in [1.165, 1.54) is 0 Å². The molecule has 0 aromatic carbocycles. The third-order valence-corrected chi connectivity index (χ3v) is 1.72. The normalized spacial score (nSPS) is 10.2. The van der Waals surface area contributed by atoms with Crippen LogP contribution in [-0.4, -0.2) is 15.2 Å². The molecule has 0 fully saturated rings. The van der Waals surface area contributed by atoms with Crippen LogP contribution in [0, 0.1) is 11.8 Å². The molecule has 5 heteroatoms. The van der Waals surface area contributed by atoms with Gasteiger partial charge in [0, 0.05) is 5.69 Å². The van der Waals surface area contributed by atoms with Crippen LogP contribution in [0.3, 0.4) is 0 Å². The Bertz CT molecular complexity index is 474. The predicted octanol–water partition coefficient (Wildman–Crippen LogP) is 2.10. The van der Waals surface area contributed by atoms with Gasteiger partial charge in [0.2, 0.25) is 0 Å². The van der Waals surface area contributed by atoms with Crippen LogP contribution in [0.15, 0.2) is 22.6 Å². The van der Waals surface area contributed by atoms with E-state index < -0.39 is 0 Å². The van der Waals surface area contributed by atoms with E-state index in [9.17, 15) is 0 Å². The van der Waals surface area contributed by atoms with Gasteiger partial charge in [-0.3, -0.25) is 0 Å². The number of aromatic nitrogens is 3. The van der Waals surface area contributed by atoms with Crippen molar-refractivity contribution < 1.29 is 4.42 Å². The summed E-state index contributed by atoms with van der Waals surface area (Å²) in [7, 11) is 0. The number of aromatic amines is 1. The van der Waals surface area contributed by atoms with Gasteiger partial charge in [0.25, 0.3) is 10.7 Å². The highest BCUT2D eigenvalue weighted by molar-refractivity contribution is 7.71. The van der Waals surface area contributed by atoms with Crippen molar-refractivity contribution in [3.63, 3.8) is 0 Å². The van der Waals surface area contributed by atoms with Crippen LogP contribution >= 0.6 is 12.2 Å². The Morgan fingerprint density at radius 1 is 1.46 bits per heavy atom. The summed E-state index contributed by atoms with van der Waals surface area (Å²) in [5.74, 6) is 0.425. The third-order valence-electron chi connectivity index (χ3n) is 1.55. The van der Waals surface area contributed by atoms with E-state index in [1.54, 1.807) is 0 Å². The van der Waals surface area contributed by atoms with Gasteiger partial charge in [-0.25, -0.2) is 10.1 Å². The number of nitrogens with one attached hydrogen (secondary N) is 1. The van der Waals surface area contributed by atoms with E-state index in [0.29, 0.717) is 11.6 Å². The molecule has 2 aromatic heterocycles. The zero-order chi connectivity index (χ0) is 9.26. The molecule has 0 aliphatic carbocycles. The molecule has 1 N–H and O–H groups in total. The van der Waals surface area contributed by atoms with Gasteiger partial charge in [-0.15, -0.1) is 5.10 Å². The lowest BCUT2D eigenvalue weighted by Crippen LogP contribution is -1.85. The number of rotatable bonds is 1. The highest BCUT2D eigenvalue weighted by Gasteiger charge is 2.04. The summed E-state index contributed by atoms with van der Waals surface area (Å²) in [6.45, 7) is 1.91. The maximum absolute atomic E-state index is 5.11. The molecule has 0 unspecified atom stereocenters. The van der Waals surface area contributed by atoms with Crippen LogP contribution in [-0.2, 0) is 0 Å². The van der Waals surface area contributed by atoms with Gasteiger partial charge in [-0.2, -0.15) is 0 Å². The topological polar surface area (TPSA) is 54.7 Å². The molecule has 2 heterocycles. The second-order valence-electron chi connectivity index (χ2n) is 2.58. The highest BCUT2D eigenvalue weighted by atomic mass is 32.1. The quantitative estimate of drug-likeness (QED) is 0.705. The molecule has 66 valence electrons. The van der Waals surface area contributed by atoms with Crippen LogP contribution in [0.2, 0.25) is 0 Å². The van der Waals surface area contributed by atoms with Gasteiger partial charge in [0.1, 0.15) is 5.69 Å². The second-order valence-corrected chi connectivity index (χ2v) is 2.95. The Balaban J connectivity index is 2.52. The van der Waals surface area contributed by atoms with Crippen LogP contribution in [0.4, 0.5) is 0 Å². The lowest BCUT2D eigenvalue weighted by atomic mass is 10.3. The first-order valence-electron chi connectivity index (χ1n) is 3.75. The fourth-order valence-electron chi connectivity index (χ4n) is 1.00. The predicted molar refractivity (Wildman–Crippen MR) is 49.7 cm³/mol. The molecular formula is C8H7N3OS. The van der Waals surface area contributed by atoms with Gasteiger partial charge in [0.05, 0.1) is 0 Å². The highest BCUT2D eigenvalue weighted by Crippen LogP contribution is 2.13. The first-order valence-corrected chi connectivity index (χ1v) is 4.16. The lowest BCUT2D eigenvalue weighted by Gasteiger charge is -1.94. The first-order chi connectivity index (χ1) is 6.25. The van der Waals surface area contributed by atoms with E-state index >= 15 is 0 Å². The molecule has 4 nitrogen and oxygen atoms in total. The molecule has 0 saturated carbocycles. The molecule has 0 aliphatic heterocycles. The summed E-state index contributed by atoms with van der Waals surface area (Å²) in [4.78, 5) is 4.50. The molecule has 0 aliphatic rings. The monoisotopic (exact) mass is 193 g/mol. The van der Waals surface area contributed by atoms with Crippen molar-refractivity contribution in [2.45, 2.75) is 6.92 Å². The van der Waals surface area contributed by atoms with Crippen molar-refractivity contribution >= 4 is 12.2 Å². The first kappa shape index (κ1) is 8.12. The standard InChI is InChI=1S/C8H7N3OS/c1-5-3-2-4-6(9-5)7-10-11-8(13)12-7/h2-4H,1H3,(H,11,13). The van der Waals surface area contributed by atoms with E-state index in [0.717, 1.165) is 5.69 Å². The Labute approximate surface area is 79.6 Å². The number of hydrogen-bond donors (Lipinski definition) is 1. The number of hydrogen-bond acceptors (Lipinski definition) is 4. The number of H-pyrrole nitrogens is 1. The van der Waals surface area contributed by atoms with Crippen molar-refractivity contribution in [1.29, 1.82) is 0 Å². The van der Waals surface area contributed by atoms with Crippen molar-refractivity contribution in [2.75, 3.05) is 0 Å². The summed E-state index contributed by atoms with van der Waals surface area (Å²) in [5, 5.41) is 6.41. The summed E-state index contributed by atoms with van der Waals surface area (Å²) in [6.07, 6.45) is 0. The molecule has 0 radical (unpaired) electrons. The minimum absolute atomic E-state index is 0.262. The summed E-state index contributed by atoms with van der Waals surface area (Å²) >= 11 is 4.75. The molecule has 0 bridgehead atoms. The molecule has 0 atom stereocenters. The fourth-order valence-corrected chi connectivity index (χ4v) is 1.13. The van der Waals surface area contributed by atoms with E-state index in [2.05, 4.69) is 15.2 Å². The van der Waals surface area contributed by atoms with Crippen molar-refractivity contribution in [2.24, 2.45) is 0 Å². The largest absolute Gasteiger partial charge is 0.408 e. The number of pyridine rings is 1. The summed E-state index contributed by atoms with van der Waals surface area (Å²) in [6, 6.07) is 5.62. The van der Waals surface area contributed by atoms with E-state index in [4.69, 9.17) is 16.6 Å². The Morgan fingerprint density at radius 3 is 2.92 bits per heavy atom. The third kappa shape index (κ3) is 1.65. The average molecular weight is 193 g/mol. The summed E-state index contributed by atoms with van der Waals surface area (Å²) < 4.78 is 5.11. The van der Waals surface area contributed by atoms with Crippen molar-refractivity contribution in [1.82, 2.24) is 15.2 Å². The minimum Gasteiger partial charge on any atom is -0.408 e. The smallest absolute Gasteiger partial charge is 0.284 e. The minimum atomic E-state index is 0.262. The average Bonchev–Trinajstić information content (AvgIpc) is 2.52. The second kappa shape index (κ2) is 3.10. The molecule has 0 saturated heterocycles. The Hall–Kier alpha value is -1.49. The van der Waals surface area contributed by atoms with E-state index in [1.807, 2.05) is 25.1 Å². The fraction of sp³-hybridized carbons (Fsp3) is 0.125. The van der Waals surface area contributed by atoms with Crippen LogP contribution in [0.5, 0.6) is 0 Å². The van der Waals surface area contributed by atoms with Gasteiger partial charge >= 0.3 is 0 Å². The van der Waals surface area contributed by atoms with Gasteiger partial charge in [-0.05, 0) is 31.3 Å². The molecule has 2 aromatic rings. The molecule has 0 spiro atoms. The zero-order valence-electron chi connectivity index (χ0n) is 6.94. The molecular weight excluding hydrogens is 186 g/mol. The van der Waals surface area contributed by atoms with Crippen LogP contribution in [0.25, 0.3) is 11.6 Å². The molecule has 13 heavy (non-hydrogen) atoms. The van der Waals surface area contributed by atoms with E-state index in [-0.39, 0.29) is 4.84 Å². The van der Waals surface area contributed by atoms with Gasteiger partial charge in [0.15, 0.2) is 0 Å². The Morgan fingerprint density at radius 2 is 2.31 bits per heavy atom. The zero-order valence-corrected chi connectivity index (χ0v) is 7.76.